The molecule has 1 heterocycles. The molecule has 1 N–H and O–H groups in total. The number of carboxylic acid groups (broad SMARTS) is 1. The maximum atomic E-state index is 12.5. The van der Waals surface area contributed by atoms with E-state index in [0.29, 0.717) is 25.8 Å². The van der Waals surface area contributed by atoms with E-state index in [-0.39, 0.29) is 6.54 Å². The van der Waals surface area contributed by atoms with Gasteiger partial charge in [-0.25, -0.2) is 8.78 Å². The molecule has 0 bridgehead atoms. The summed E-state index contributed by atoms with van der Waals surface area (Å²) in [4.78, 5) is 12.5. The van der Waals surface area contributed by atoms with Crippen LogP contribution in [0.5, 0.6) is 0 Å². The summed E-state index contributed by atoms with van der Waals surface area (Å²) in [5.74, 6) is -1.57. The van der Waals surface area contributed by atoms with Gasteiger partial charge in [-0.2, -0.15) is 0 Å². The first-order chi connectivity index (χ1) is 7.06. The molecule has 0 aromatic rings. The lowest BCUT2D eigenvalue weighted by Gasteiger charge is -2.35. The fraction of sp³-hybridized carbons (Fsp3) is 0.900. The van der Waals surface area contributed by atoms with Crippen LogP contribution in [-0.4, -0.2) is 41.5 Å². The molecule has 0 amide bonds. The number of carbonyl (C=O) groups is 1. The minimum absolute atomic E-state index is 0.211. The third-order valence-electron chi connectivity index (χ3n) is 2.96. The molecular weight excluding hydrogens is 204 g/mol. The Morgan fingerprint density at radius 3 is 2.73 bits per heavy atom. The number of hydrogen-bond donors (Lipinski definition) is 1. The van der Waals surface area contributed by atoms with Gasteiger partial charge in [0.15, 0.2) is 0 Å². The first-order valence-electron chi connectivity index (χ1n) is 5.31. The number of nitrogens with zero attached hydrogens (tertiary/aromatic N) is 1. The molecule has 1 saturated heterocycles. The van der Waals surface area contributed by atoms with Crippen molar-refractivity contribution in [3.8, 4) is 0 Å². The Labute approximate surface area is 88.1 Å². The van der Waals surface area contributed by atoms with Gasteiger partial charge in [0.2, 0.25) is 6.43 Å². The van der Waals surface area contributed by atoms with Crippen LogP contribution in [0.4, 0.5) is 8.78 Å². The number of piperidine rings is 1. The van der Waals surface area contributed by atoms with Crippen LogP contribution in [0.3, 0.4) is 0 Å². The highest BCUT2D eigenvalue weighted by Crippen LogP contribution is 2.24. The lowest BCUT2D eigenvalue weighted by atomic mass is 9.96. The van der Waals surface area contributed by atoms with E-state index in [0.717, 1.165) is 0 Å². The Morgan fingerprint density at radius 2 is 2.27 bits per heavy atom. The number of halogens is 2. The third kappa shape index (κ3) is 3.12. The van der Waals surface area contributed by atoms with Crippen molar-refractivity contribution in [3.63, 3.8) is 0 Å². The zero-order valence-electron chi connectivity index (χ0n) is 8.83. The molecule has 0 radical (unpaired) electrons. The fourth-order valence-corrected chi connectivity index (χ4v) is 2.12. The summed E-state index contributed by atoms with van der Waals surface area (Å²) in [5, 5.41) is 8.92. The van der Waals surface area contributed by atoms with Gasteiger partial charge in [0.25, 0.3) is 0 Å². The van der Waals surface area contributed by atoms with Gasteiger partial charge in [0.05, 0.1) is 0 Å². The quantitative estimate of drug-likeness (QED) is 0.787. The number of rotatable bonds is 4. The summed E-state index contributed by atoms with van der Waals surface area (Å²) >= 11 is 0. The van der Waals surface area contributed by atoms with E-state index < -0.39 is 24.4 Å². The van der Waals surface area contributed by atoms with E-state index in [2.05, 4.69) is 0 Å². The van der Waals surface area contributed by atoms with Crippen LogP contribution in [0.1, 0.15) is 26.2 Å². The monoisotopic (exact) mass is 221 g/mol. The third-order valence-corrected chi connectivity index (χ3v) is 2.96. The van der Waals surface area contributed by atoms with Crippen molar-refractivity contribution in [2.24, 2.45) is 5.92 Å². The molecule has 0 saturated carbocycles. The summed E-state index contributed by atoms with van der Waals surface area (Å²) in [5.41, 5.74) is 0. The van der Waals surface area contributed by atoms with Gasteiger partial charge < -0.3 is 5.11 Å². The van der Waals surface area contributed by atoms with Crippen molar-refractivity contribution >= 4 is 5.97 Å². The van der Waals surface area contributed by atoms with Gasteiger partial charge in [-0.05, 0) is 25.8 Å². The molecule has 0 aromatic heterocycles. The van der Waals surface area contributed by atoms with Crippen molar-refractivity contribution < 1.29 is 18.7 Å². The molecule has 0 aromatic carbocycles. The molecule has 15 heavy (non-hydrogen) atoms. The molecule has 1 fully saturated rings. The number of hydrogen-bond acceptors (Lipinski definition) is 2. The highest BCUT2D eigenvalue weighted by molar-refractivity contribution is 5.73. The van der Waals surface area contributed by atoms with Crippen LogP contribution in [-0.2, 0) is 4.79 Å². The Hall–Kier alpha value is -0.710. The second kappa shape index (κ2) is 5.39. The Balaban J connectivity index is 2.58. The molecule has 1 rings (SSSR count). The molecule has 1 aliphatic heterocycles. The van der Waals surface area contributed by atoms with Crippen molar-refractivity contribution in [1.29, 1.82) is 0 Å². The average molecular weight is 221 g/mol. The number of likely N-dealkylation sites (tertiary alicyclic amines) is 1. The van der Waals surface area contributed by atoms with Crippen LogP contribution in [0, 0.1) is 5.92 Å². The minimum Gasteiger partial charge on any atom is -0.480 e. The molecular formula is C10H17F2NO2. The molecule has 0 unspecified atom stereocenters. The van der Waals surface area contributed by atoms with Crippen LogP contribution >= 0.6 is 0 Å². The number of alkyl halides is 2. The molecule has 88 valence electrons. The van der Waals surface area contributed by atoms with Crippen molar-refractivity contribution in [3.05, 3.63) is 0 Å². The Morgan fingerprint density at radius 1 is 1.60 bits per heavy atom. The van der Waals surface area contributed by atoms with E-state index in [1.54, 1.807) is 11.8 Å². The molecule has 0 aliphatic carbocycles. The topological polar surface area (TPSA) is 40.5 Å². The highest BCUT2D eigenvalue weighted by atomic mass is 19.3. The van der Waals surface area contributed by atoms with E-state index in [4.69, 9.17) is 5.11 Å². The van der Waals surface area contributed by atoms with E-state index >= 15 is 0 Å². The predicted octanol–water partition coefficient (Wildman–Crippen LogP) is 1.83. The number of carboxylic acids is 1. The Bertz CT molecular complexity index is 223. The summed E-state index contributed by atoms with van der Waals surface area (Å²) in [6, 6.07) is -0.605. The Kier molecular flexibility index (Phi) is 4.45. The van der Waals surface area contributed by atoms with Crippen molar-refractivity contribution in [2.75, 3.05) is 13.1 Å². The standard InChI is InChI=1S/C10H17F2NO2/c1-2-8(10(14)15)13-5-3-4-7(6-13)9(11)12/h7-9H,2-6H2,1H3,(H,14,15)/t7-,8-/m0/s1. The van der Waals surface area contributed by atoms with Crippen LogP contribution in [0.25, 0.3) is 0 Å². The molecule has 0 spiro atoms. The molecule has 2 atom stereocenters. The van der Waals surface area contributed by atoms with Crippen molar-refractivity contribution in [2.45, 2.75) is 38.7 Å². The second-order valence-corrected chi connectivity index (χ2v) is 3.99. The van der Waals surface area contributed by atoms with Crippen LogP contribution in [0.2, 0.25) is 0 Å². The normalized spacial score (nSPS) is 25.5. The lowest BCUT2D eigenvalue weighted by Crippen LogP contribution is -2.47. The minimum atomic E-state index is -2.33. The van der Waals surface area contributed by atoms with Crippen LogP contribution in [0.15, 0.2) is 0 Å². The van der Waals surface area contributed by atoms with E-state index in [1.807, 2.05) is 0 Å². The van der Waals surface area contributed by atoms with Gasteiger partial charge in [-0.1, -0.05) is 6.92 Å². The predicted molar refractivity (Wildman–Crippen MR) is 52.0 cm³/mol. The summed E-state index contributed by atoms with van der Waals surface area (Å²) < 4.78 is 25.0. The average Bonchev–Trinajstić information content (AvgIpc) is 2.18. The summed E-state index contributed by atoms with van der Waals surface area (Å²) in [6.45, 7) is 2.60. The second-order valence-electron chi connectivity index (χ2n) is 3.99. The molecule has 3 nitrogen and oxygen atoms in total. The van der Waals surface area contributed by atoms with Gasteiger partial charge >= 0.3 is 5.97 Å². The van der Waals surface area contributed by atoms with Crippen LogP contribution < -0.4 is 0 Å². The van der Waals surface area contributed by atoms with Crippen molar-refractivity contribution in [1.82, 2.24) is 4.90 Å². The first kappa shape index (κ1) is 12.4. The highest BCUT2D eigenvalue weighted by Gasteiger charge is 2.32. The maximum absolute atomic E-state index is 12.5. The summed E-state index contributed by atoms with van der Waals surface area (Å²) in [6.07, 6.45) is -0.701. The molecule has 1 aliphatic rings. The first-order valence-corrected chi connectivity index (χ1v) is 5.31. The van der Waals surface area contributed by atoms with E-state index in [1.165, 1.54) is 0 Å². The smallest absolute Gasteiger partial charge is 0.320 e. The van der Waals surface area contributed by atoms with Gasteiger partial charge in [-0.3, -0.25) is 9.69 Å². The fourth-order valence-electron chi connectivity index (χ4n) is 2.12. The summed E-state index contributed by atoms with van der Waals surface area (Å²) in [7, 11) is 0. The maximum Gasteiger partial charge on any atom is 0.320 e. The largest absolute Gasteiger partial charge is 0.480 e. The van der Waals surface area contributed by atoms with E-state index in [9.17, 15) is 13.6 Å². The SMILES string of the molecule is CC[C@@H](C(=O)O)N1CCC[C@H](C(F)F)C1. The number of aliphatic carboxylic acids is 1. The zero-order chi connectivity index (χ0) is 11.4. The molecule has 5 heteroatoms. The lowest BCUT2D eigenvalue weighted by molar-refractivity contribution is -0.144. The van der Waals surface area contributed by atoms with Gasteiger partial charge in [0.1, 0.15) is 6.04 Å². The van der Waals surface area contributed by atoms with Gasteiger partial charge in [-0.15, -0.1) is 0 Å². The zero-order valence-corrected chi connectivity index (χ0v) is 8.83. The van der Waals surface area contributed by atoms with Gasteiger partial charge in [0, 0.05) is 12.5 Å².